The second-order valence-corrected chi connectivity index (χ2v) is 10.4. The van der Waals surface area contributed by atoms with Crippen molar-refractivity contribution in [2.45, 2.75) is 12.8 Å². The van der Waals surface area contributed by atoms with Crippen LogP contribution in [-0.2, 0) is 4.79 Å². The number of aromatic nitrogens is 3. The molecule has 3 heterocycles. The Labute approximate surface area is 238 Å². The van der Waals surface area contributed by atoms with Crippen LogP contribution in [0.15, 0.2) is 59.5 Å². The van der Waals surface area contributed by atoms with Crippen molar-refractivity contribution in [1.29, 1.82) is 0 Å². The molecule has 1 fully saturated rings. The Morgan fingerprint density at radius 2 is 1.93 bits per heavy atom. The van der Waals surface area contributed by atoms with E-state index in [2.05, 4.69) is 41.8 Å². The van der Waals surface area contributed by atoms with Crippen LogP contribution in [0.1, 0.15) is 23.2 Å². The van der Waals surface area contributed by atoms with Gasteiger partial charge in [-0.15, -0.1) is 0 Å². The van der Waals surface area contributed by atoms with Crippen molar-refractivity contribution in [3.05, 3.63) is 70.8 Å². The first-order valence-corrected chi connectivity index (χ1v) is 13.7. The number of rotatable bonds is 8. The number of phenolic OH excluding ortho intramolecular Hbond substituents is 1. The predicted octanol–water partition coefficient (Wildman–Crippen LogP) is 3.93. The third kappa shape index (κ3) is 5.77. The Kier molecular flexibility index (Phi) is 8.27. The van der Waals surface area contributed by atoms with Crippen molar-refractivity contribution >= 4 is 44.9 Å². The largest absolute Gasteiger partial charge is 0.505 e. The molecule has 10 nitrogen and oxygen atoms in total. The fourth-order valence-corrected chi connectivity index (χ4v) is 5.31. The third-order valence-electron chi connectivity index (χ3n) is 6.96. The second-order valence-electron chi connectivity index (χ2n) is 9.56. The lowest BCUT2D eigenvalue weighted by atomic mass is 9.95. The van der Waals surface area contributed by atoms with Gasteiger partial charge < -0.3 is 26.0 Å². The maximum Gasteiger partial charge on any atom is 0.255 e. The van der Waals surface area contributed by atoms with Crippen LogP contribution in [0.3, 0.4) is 0 Å². The zero-order valence-corrected chi connectivity index (χ0v) is 23.4. The van der Waals surface area contributed by atoms with Crippen molar-refractivity contribution in [1.82, 2.24) is 29.9 Å². The van der Waals surface area contributed by atoms with Crippen molar-refractivity contribution in [3.8, 4) is 17.0 Å². The molecule has 0 atom stereocenters. The van der Waals surface area contributed by atoms with Gasteiger partial charge in [0, 0.05) is 60.2 Å². The van der Waals surface area contributed by atoms with Gasteiger partial charge in [-0.2, -0.15) is 0 Å². The first-order valence-electron chi connectivity index (χ1n) is 12.9. The van der Waals surface area contributed by atoms with Gasteiger partial charge in [0.15, 0.2) is 23.0 Å². The standard InChI is InChI=1S/C28H29BrFN7O3/c1-31-8-9-33-27(39)17-6-11-36(12-7-17)28(40)20-4-3-19(15-21(20)29)35-25-26-34-16-23(37(26)13-10-32-25)18-2-5-24(38)22(30)14-18/h2-5,10,13-17,31,38H,6-9,11-12H2,1H3,(H,32,35)(H,33,39). The van der Waals surface area contributed by atoms with Crippen LogP contribution in [0.5, 0.6) is 5.75 Å². The number of imidazole rings is 1. The van der Waals surface area contributed by atoms with E-state index in [-0.39, 0.29) is 17.7 Å². The van der Waals surface area contributed by atoms with Gasteiger partial charge >= 0.3 is 0 Å². The lowest BCUT2D eigenvalue weighted by molar-refractivity contribution is -0.126. The number of halogens is 2. The van der Waals surface area contributed by atoms with E-state index >= 15 is 0 Å². The summed E-state index contributed by atoms with van der Waals surface area (Å²) in [5, 5.41) is 18.7. The molecule has 12 heteroatoms. The number of nitrogens with one attached hydrogen (secondary N) is 3. The Morgan fingerprint density at radius 1 is 1.12 bits per heavy atom. The molecular weight excluding hydrogens is 581 g/mol. The van der Waals surface area contributed by atoms with E-state index in [1.807, 2.05) is 7.05 Å². The van der Waals surface area contributed by atoms with Crippen LogP contribution >= 0.6 is 15.9 Å². The molecule has 2 aromatic heterocycles. The molecule has 0 aliphatic carbocycles. The number of anilines is 2. The normalized spacial score (nSPS) is 13.9. The number of benzene rings is 2. The summed E-state index contributed by atoms with van der Waals surface area (Å²) in [4.78, 5) is 36.2. The third-order valence-corrected chi connectivity index (χ3v) is 7.62. The average Bonchev–Trinajstić information content (AvgIpc) is 3.40. The topological polar surface area (TPSA) is 124 Å². The smallest absolute Gasteiger partial charge is 0.255 e. The summed E-state index contributed by atoms with van der Waals surface area (Å²) in [6.07, 6.45) is 6.20. The molecular formula is C28H29BrFN7O3. The van der Waals surface area contributed by atoms with Gasteiger partial charge in [0.1, 0.15) is 0 Å². The monoisotopic (exact) mass is 609 g/mol. The molecule has 1 saturated heterocycles. The molecule has 4 N–H and O–H groups in total. The molecule has 0 bridgehead atoms. The van der Waals surface area contributed by atoms with Crippen LogP contribution in [-0.4, -0.2) is 69.4 Å². The van der Waals surface area contributed by atoms with Crippen LogP contribution in [0, 0.1) is 11.7 Å². The zero-order valence-electron chi connectivity index (χ0n) is 21.8. The number of hydrogen-bond donors (Lipinski definition) is 4. The summed E-state index contributed by atoms with van der Waals surface area (Å²) >= 11 is 3.54. The highest BCUT2D eigenvalue weighted by atomic mass is 79.9. The highest BCUT2D eigenvalue weighted by Gasteiger charge is 2.28. The summed E-state index contributed by atoms with van der Waals surface area (Å²) in [6, 6.07) is 9.52. The molecule has 4 aromatic rings. The lowest BCUT2D eigenvalue weighted by Gasteiger charge is -2.31. The van der Waals surface area contributed by atoms with E-state index in [9.17, 15) is 19.1 Å². The Bertz CT molecular complexity index is 1550. The summed E-state index contributed by atoms with van der Waals surface area (Å²) in [5.74, 6) is -0.776. The van der Waals surface area contributed by atoms with Crippen molar-refractivity contribution in [2.75, 3.05) is 38.5 Å². The van der Waals surface area contributed by atoms with Gasteiger partial charge in [-0.05, 0) is 72.2 Å². The number of carbonyl (C=O) groups is 2. The Hall–Kier alpha value is -4.03. The van der Waals surface area contributed by atoms with Gasteiger partial charge in [0.2, 0.25) is 5.91 Å². The molecule has 0 spiro atoms. The number of fused-ring (bicyclic) bond motifs is 1. The number of carbonyl (C=O) groups excluding carboxylic acids is 2. The van der Waals surface area contributed by atoms with Crippen LogP contribution in [0.25, 0.3) is 16.9 Å². The maximum absolute atomic E-state index is 13.9. The molecule has 5 rings (SSSR count). The number of phenols is 1. The first-order chi connectivity index (χ1) is 19.4. The van der Waals surface area contributed by atoms with Crippen molar-refractivity contribution in [3.63, 3.8) is 0 Å². The van der Waals surface area contributed by atoms with E-state index < -0.39 is 11.6 Å². The minimum atomic E-state index is -0.714. The van der Waals surface area contributed by atoms with Crippen LogP contribution < -0.4 is 16.0 Å². The second kappa shape index (κ2) is 12.0. The van der Waals surface area contributed by atoms with E-state index in [0.29, 0.717) is 70.9 Å². The molecule has 0 unspecified atom stereocenters. The van der Waals surface area contributed by atoms with Crippen LogP contribution in [0.4, 0.5) is 15.9 Å². The molecule has 2 amide bonds. The minimum absolute atomic E-state index is 0.0439. The molecule has 0 radical (unpaired) electrons. The summed E-state index contributed by atoms with van der Waals surface area (Å²) in [5.41, 5.74) is 2.96. The van der Waals surface area contributed by atoms with E-state index in [1.165, 1.54) is 12.1 Å². The first kappa shape index (κ1) is 27.5. The predicted molar refractivity (Wildman–Crippen MR) is 153 cm³/mol. The fourth-order valence-electron chi connectivity index (χ4n) is 4.76. The van der Waals surface area contributed by atoms with Gasteiger partial charge in [-0.25, -0.2) is 14.4 Å². The summed E-state index contributed by atoms with van der Waals surface area (Å²) < 4.78 is 16.3. The van der Waals surface area contributed by atoms with Gasteiger partial charge in [0.25, 0.3) is 5.91 Å². The number of likely N-dealkylation sites (N-methyl/N-ethyl adjacent to an activating group) is 1. The van der Waals surface area contributed by atoms with E-state index in [1.54, 1.807) is 52.2 Å². The molecule has 208 valence electrons. The molecule has 0 saturated carbocycles. The fraction of sp³-hybridized carbons (Fsp3) is 0.286. The van der Waals surface area contributed by atoms with E-state index in [0.717, 1.165) is 6.54 Å². The number of hydrogen-bond acceptors (Lipinski definition) is 7. The number of nitrogens with zero attached hydrogens (tertiary/aromatic N) is 4. The Balaban J connectivity index is 1.27. The van der Waals surface area contributed by atoms with Gasteiger partial charge in [-0.1, -0.05) is 0 Å². The Morgan fingerprint density at radius 3 is 2.65 bits per heavy atom. The maximum atomic E-state index is 13.9. The number of piperidine rings is 1. The number of amides is 2. The zero-order chi connectivity index (χ0) is 28.2. The quantitative estimate of drug-likeness (QED) is 0.223. The van der Waals surface area contributed by atoms with Gasteiger partial charge in [-0.3, -0.25) is 14.0 Å². The number of likely N-dealkylation sites (tertiary alicyclic amines) is 1. The van der Waals surface area contributed by atoms with Gasteiger partial charge in [0.05, 0.1) is 17.5 Å². The minimum Gasteiger partial charge on any atom is -0.505 e. The van der Waals surface area contributed by atoms with Crippen molar-refractivity contribution in [2.24, 2.45) is 5.92 Å². The lowest BCUT2D eigenvalue weighted by Crippen LogP contribution is -2.44. The van der Waals surface area contributed by atoms with Crippen molar-refractivity contribution < 1.29 is 19.1 Å². The highest BCUT2D eigenvalue weighted by molar-refractivity contribution is 9.10. The molecule has 40 heavy (non-hydrogen) atoms. The summed E-state index contributed by atoms with van der Waals surface area (Å²) in [7, 11) is 1.84. The number of aromatic hydroxyl groups is 1. The highest BCUT2D eigenvalue weighted by Crippen LogP contribution is 2.30. The summed E-state index contributed by atoms with van der Waals surface area (Å²) in [6.45, 7) is 2.35. The molecule has 1 aliphatic heterocycles. The molecule has 2 aromatic carbocycles. The average molecular weight is 610 g/mol. The van der Waals surface area contributed by atoms with Crippen LogP contribution in [0.2, 0.25) is 0 Å². The van der Waals surface area contributed by atoms with E-state index in [4.69, 9.17) is 0 Å². The molecule has 1 aliphatic rings. The SMILES string of the molecule is CNCCNC(=O)C1CCN(C(=O)c2ccc(Nc3nccn4c(-c5ccc(O)c(F)c5)cnc34)cc2Br)CC1.